The summed E-state index contributed by atoms with van der Waals surface area (Å²) in [6.45, 7) is 5.15. The van der Waals surface area contributed by atoms with Gasteiger partial charge in [-0.05, 0) is 24.1 Å². The van der Waals surface area contributed by atoms with Crippen molar-refractivity contribution in [1.29, 1.82) is 0 Å². The maximum atomic E-state index is 11.2. The minimum Gasteiger partial charge on any atom is -0.478 e. The molecule has 0 spiro atoms. The molecule has 1 N–H and O–H groups in total. The molecule has 0 saturated heterocycles. The van der Waals surface area contributed by atoms with Gasteiger partial charge in [0.2, 0.25) is 0 Å². The van der Waals surface area contributed by atoms with Crippen LogP contribution in [-0.4, -0.2) is 24.7 Å². The van der Waals surface area contributed by atoms with Crippen molar-refractivity contribution in [3.05, 3.63) is 28.2 Å². The lowest BCUT2D eigenvalue weighted by atomic mass is 10.1. The smallest absolute Gasteiger partial charge is 0.337 e. The van der Waals surface area contributed by atoms with Crippen LogP contribution < -0.4 is 4.90 Å². The number of anilines is 1. The Bertz CT molecular complexity index is 406. The van der Waals surface area contributed by atoms with Crippen LogP contribution in [0, 0.1) is 5.92 Å². The molecule has 1 unspecified atom stereocenters. The van der Waals surface area contributed by atoms with E-state index in [0.29, 0.717) is 11.5 Å². The van der Waals surface area contributed by atoms with Crippen LogP contribution in [0.15, 0.2) is 22.7 Å². The molecular formula is C13H18BrNO2. The highest BCUT2D eigenvalue weighted by Crippen LogP contribution is 2.25. The molecule has 0 aliphatic rings. The van der Waals surface area contributed by atoms with E-state index in [1.165, 1.54) is 0 Å². The van der Waals surface area contributed by atoms with Gasteiger partial charge in [0, 0.05) is 18.1 Å². The Hall–Kier alpha value is -1.03. The lowest BCUT2D eigenvalue weighted by molar-refractivity contribution is 0.0697. The zero-order valence-electron chi connectivity index (χ0n) is 10.4. The number of carboxylic acid groups (broad SMARTS) is 1. The number of carbonyl (C=O) groups is 1. The van der Waals surface area contributed by atoms with Gasteiger partial charge in [0.05, 0.1) is 11.3 Å². The fraction of sp³-hybridized carbons (Fsp3) is 0.462. The molecule has 0 radical (unpaired) electrons. The monoisotopic (exact) mass is 299 g/mol. The first-order valence-corrected chi connectivity index (χ1v) is 6.49. The second-order valence-electron chi connectivity index (χ2n) is 4.36. The number of carboxylic acids is 1. The third-order valence-electron chi connectivity index (χ3n) is 2.88. The minimum atomic E-state index is -0.886. The molecule has 3 nitrogen and oxygen atoms in total. The molecule has 94 valence electrons. The van der Waals surface area contributed by atoms with Crippen LogP contribution in [-0.2, 0) is 0 Å². The normalized spacial score (nSPS) is 12.2. The standard InChI is InChI=1S/C13H18BrNO2/c1-4-9(2)8-15(3)12-7-10(14)5-6-11(12)13(16)17/h5-7,9H,4,8H2,1-3H3,(H,16,17). The molecule has 0 heterocycles. The fourth-order valence-corrected chi connectivity index (χ4v) is 2.05. The van der Waals surface area contributed by atoms with E-state index in [4.69, 9.17) is 5.11 Å². The molecule has 0 amide bonds. The second kappa shape index (κ2) is 6.05. The number of hydrogen-bond donors (Lipinski definition) is 1. The summed E-state index contributed by atoms with van der Waals surface area (Å²) in [4.78, 5) is 13.2. The van der Waals surface area contributed by atoms with Gasteiger partial charge in [0.25, 0.3) is 0 Å². The molecule has 1 aromatic rings. The van der Waals surface area contributed by atoms with Crippen molar-refractivity contribution in [2.24, 2.45) is 5.92 Å². The summed E-state index contributed by atoms with van der Waals surface area (Å²) in [6, 6.07) is 5.24. The fourth-order valence-electron chi connectivity index (χ4n) is 1.70. The van der Waals surface area contributed by atoms with Crippen molar-refractivity contribution in [2.75, 3.05) is 18.5 Å². The maximum Gasteiger partial charge on any atom is 0.337 e. The number of benzene rings is 1. The highest BCUT2D eigenvalue weighted by Gasteiger charge is 2.15. The summed E-state index contributed by atoms with van der Waals surface area (Å²) in [5.41, 5.74) is 1.10. The highest BCUT2D eigenvalue weighted by molar-refractivity contribution is 9.10. The minimum absolute atomic E-state index is 0.346. The first-order chi connectivity index (χ1) is 7.95. The predicted molar refractivity (Wildman–Crippen MR) is 73.8 cm³/mol. The average Bonchev–Trinajstić information content (AvgIpc) is 2.28. The Balaban J connectivity index is 3.02. The van der Waals surface area contributed by atoms with E-state index >= 15 is 0 Å². The first kappa shape index (κ1) is 14.0. The van der Waals surface area contributed by atoms with E-state index in [1.807, 2.05) is 18.0 Å². The molecule has 1 atom stereocenters. The van der Waals surface area contributed by atoms with Crippen LogP contribution in [0.1, 0.15) is 30.6 Å². The van der Waals surface area contributed by atoms with Crippen LogP contribution >= 0.6 is 15.9 Å². The highest BCUT2D eigenvalue weighted by atomic mass is 79.9. The van der Waals surface area contributed by atoms with Gasteiger partial charge < -0.3 is 10.0 Å². The zero-order valence-corrected chi connectivity index (χ0v) is 12.0. The lowest BCUT2D eigenvalue weighted by Crippen LogP contribution is -2.25. The number of nitrogens with zero attached hydrogens (tertiary/aromatic N) is 1. The zero-order chi connectivity index (χ0) is 13.0. The third kappa shape index (κ3) is 3.73. The molecule has 17 heavy (non-hydrogen) atoms. The van der Waals surface area contributed by atoms with Gasteiger partial charge >= 0.3 is 5.97 Å². The molecule has 1 rings (SSSR count). The third-order valence-corrected chi connectivity index (χ3v) is 3.38. The van der Waals surface area contributed by atoms with Gasteiger partial charge in [0.15, 0.2) is 0 Å². The van der Waals surface area contributed by atoms with E-state index in [-0.39, 0.29) is 0 Å². The number of rotatable bonds is 5. The van der Waals surface area contributed by atoms with Gasteiger partial charge in [-0.25, -0.2) is 4.79 Å². The van der Waals surface area contributed by atoms with E-state index in [0.717, 1.165) is 23.1 Å². The van der Waals surface area contributed by atoms with Gasteiger partial charge in [-0.15, -0.1) is 0 Å². The van der Waals surface area contributed by atoms with Crippen LogP contribution in [0.25, 0.3) is 0 Å². The van der Waals surface area contributed by atoms with Crippen molar-refractivity contribution in [2.45, 2.75) is 20.3 Å². The quantitative estimate of drug-likeness (QED) is 0.902. The van der Waals surface area contributed by atoms with Crippen LogP contribution in [0.5, 0.6) is 0 Å². The molecule has 4 heteroatoms. The summed E-state index contributed by atoms with van der Waals surface area (Å²) in [5.74, 6) is -0.343. The van der Waals surface area contributed by atoms with Gasteiger partial charge in [0.1, 0.15) is 0 Å². The molecule has 0 saturated carbocycles. The Morgan fingerprint density at radius 1 is 1.53 bits per heavy atom. The lowest BCUT2D eigenvalue weighted by Gasteiger charge is -2.24. The Morgan fingerprint density at radius 2 is 2.18 bits per heavy atom. The number of aromatic carboxylic acids is 1. The van der Waals surface area contributed by atoms with Crippen molar-refractivity contribution >= 4 is 27.6 Å². The molecule has 0 aromatic heterocycles. The Morgan fingerprint density at radius 3 is 2.71 bits per heavy atom. The first-order valence-electron chi connectivity index (χ1n) is 5.69. The predicted octanol–water partition coefficient (Wildman–Crippen LogP) is 3.63. The van der Waals surface area contributed by atoms with Crippen molar-refractivity contribution < 1.29 is 9.90 Å². The molecule has 1 aromatic carbocycles. The van der Waals surface area contributed by atoms with Crippen LogP contribution in [0.4, 0.5) is 5.69 Å². The van der Waals surface area contributed by atoms with Crippen molar-refractivity contribution in [3.63, 3.8) is 0 Å². The summed E-state index contributed by atoms with van der Waals surface area (Å²) in [7, 11) is 1.93. The van der Waals surface area contributed by atoms with E-state index in [2.05, 4.69) is 29.8 Å². The van der Waals surface area contributed by atoms with Crippen LogP contribution in [0.2, 0.25) is 0 Å². The van der Waals surface area contributed by atoms with Gasteiger partial charge in [-0.1, -0.05) is 36.2 Å². The van der Waals surface area contributed by atoms with Gasteiger partial charge in [-0.3, -0.25) is 0 Å². The van der Waals surface area contributed by atoms with Gasteiger partial charge in [-0.2, -0.15) is 0 Å². The summed E-state index contributed by atoms with van der Waals surface area (Å²) in [5, 5.41) is 9.15. The maximum absolute atomic E-state index is 11.2. The SMILES string of the molecule is CCC(C)CN(C)c1cc(Br)ccc1C(=O)O. The van der Waals surface area contributed by atoms with Crippen molar-refractivity contribution in [1.82, 2.24) is 0 Å². The summed E-state index contributed by atoms with van der Waals surface area (Å²) < 4.78 is 0.897. The second-order valence-corrected chi connectivity index (χ2v) is 5.28. The van der Waals surface area contributed by atoms with Crippen LogP contribution in [0.3, 0.4) is 0 Å². The molecule has 0 fully saturated rings. The average molecular weight is 300 g/mol. The molecular weight excluding hydrogens is 282 g/mol. The molecule has 0 aliphatic carbocycles. The number of hydrogen-bond acceptors (Lipinski definition) is 2. The van der Waals surface area contributed by atoms with E-state index in [9.17, 15) is 4.79 Å². The van der Waals surface area contributed by atoms with E-state index in [1.54, 1.807) is 12.1 Å². The molecule has 0 aliphatic heterocycles. The van der Waals surface area contributed by atoms with Crippen molar-refractivity contribution in [3.8, 4) is 0 Å². The number of halogens is 1. The Kier molecular flexibility index (Phi) is 5.00. The Labute approximate surface area is 111 Å². The largest absolute Gasteiger partial charge is 0.478 e. The summed E-state index contributed by atoms with van der Waals surface area (Å²) >= 11 is 3.38. The summed E-state index contributed by atoms with van der Waals surface area (Å²) in [6.07, 6.45) is 1.08. The topological polar surface area (TPSA) is 40.5 Å². The van der Waals surface area contributed by atoms with E-state index < -0.39 is 5.97 Å². The molecule has 0 bridgehead atoms.